The van der Waals surface area contributed by atoms with Crippen LogP contribution in [0.3, 0.4) is 0 Å². The van der Waals surface area contributed by atoms with Gasteiger partial charge in [0, 0.05) is 24.4 Å². The van der Waals surface area contributed by atoms with Gasteiger partial charge in [0.1, 0.15) is 0 Å². The van der Waals surface area contributed by atoms with Gasteiger partial charge in [-0.1, -0.05) is 29.8 Å². The lowest BCUT2D eigenvalue weighted by atomic mass is 9.96. The van der Waals surface area contributed by atoms with Crippen LogP contribution in [0.5, 0.6) is 0 Å². The Bertz CT molecular complexity index is 341. The Morgan fingerprint density at radius 2 is 2.20 bits per heavy atom. The highest BCUT2D eigenvalue weighted by Crippen LogP contribution is 2.26. The van der Waals surface area contributed by atoms with E-state index in [1.807, 2.05) is 18.2 Å². The number of amides is 1. The predicted molar refractivity (Wildman–Crippen MR) is 60.0 cm³/mol. The summed E-state index contributed by atoms with van der Waals surface area (Å²) in [6.07, 6.45) is 0.247. The lowest BCUT2D eigenvalue weighted by Gasteiger charge is -2.14. The Kier molecular flexibility index (Phi) is 4.59. The molecule has 3 nitrogen and oxygen atoms in total. The zero-order valence-corrected chi connectivity index (χ0v) is 9.29. The van der Waals surface area contributed by atoms with E-state index in [0.717, 1.165) is 5.56 Å². The Labute approximate surface area is 94.1 Å². The van der Waals surface area contributed by atoms with Gasteiger partial charge in [-0.15, -0.1) is 0 Å². The van der Waals surface area contributed by atoms with Crippen LogP contribution in [-0.2, 0) is 4.79 Å². The molecule has 0 aliphatic carbocycles. The number of rotatable bonds is 4. The normalized spacial score (nSPS) is 12.2. The second-order valence-corrected chi connectivity index (χ2v) is 3.69. The molecule has 15 heavy (non-hydrogen) atoms. The molecule has 4 heteroatoms. The molecule has 1 aromatic rings. The van der Waals surface area contributed by atoms with E-state index in [1.165, 1.54) is 0 Å². The SMILES string of the molecule is CNC(=O)CC(CO)c1ccccc1Cl. The number of carbonyl (C=O) groups is 1. The van der Waals surface area contributed by atoms with Crippen LogP contribution < -0.4 is 5.32 Å². The average Bonchev–Trinajstić information content (AvgIpc) is 2.26. The van der Waals surface area contributed by atoms with Gasteiger partial charge >= 0.3 is 0 Å². The van der Waals surface area contributed by atoms with Crippen molar-refractivity contribution in [1.82, 2.24) is 5.32 Å². The number of hydrogen-bond donors (Lipinski definition) is 2. The highest BCUT2D eigenvalue weighted by atomic mass is 35.5. The summed E-state index contributed by atoms with van der Waals surface area (Å²) in [6.45, 7) is -0.0862. The lowest BCUT2D eigenvalue weighted by molar-refractivity contribution is -0.121. The molecule has 2 N–H and O–H groups in total. The fourth-order valence-corrected chi connectivity index (χ4v) is 1.69. The van der Waals surface area contributed by atoms with Crippen molar-refractivity contribution < 1.29 is 9.90 Å². The van der Waals surface area contributed by atoms with E-state index in [9.17, 15) is 9.90 Å². The first-order valence-electron chi connectivity index (χ1n) is 4.75. The van der Waals surface area contributed by atoms with Crippen molar-refractivity contribution in [3.8, 4) is 0 Å². The molecule has 0 saturated heterocycles. The summed E-state index contributed by atoms with van der Waals surface area (Å²) in [5.41, 5.74) is 0.810. The van der Waals surface area contributed by atoms with Crippen molar-refractivity contribution >= 4 is 17.5 Å². The molecule has 1 rings (SSSR count). The minimum Gasteiger partial charge on any atom is -0.396 e. The summed E-state index contributed by atoms with van der Waals surface area (Å²) in [6, 6.07) is 7.24. The number of carbonyl (C=O) groups excluding carboxylic acids is 1. The molecule has 0 aromatic heterocycles. The van der Waals surface area contributed by atoms with Crippen LogP contribution in [0.2, 0.25) is 5.02 Å². The highest BCUT2D eigenvalue weighted by Gasteiger charge is 2.16. The van der Waals surface area contributed by atoms with Crippen LogP contribution in [0.1, 0.15) is 17.9 Å². The minimum atomic E-state index is -0.237. The Morgan fingerprint density at radius 3 is 2.73 bits per heavy atom. The van der Waals surface area contributed by atoms with Crippen molar-refractivity contribution in [1.29, 1.82) is 0 Å². The van der Waals surface area contributed by atoms with E-state index in [-0.39, 0.29) is 24.9 Å². The highest BCUT2D eigenvalue weighted by molar-refractivity contribution is 6.31. The Morgan fingerprint density at radius 1 is 1.53 bits per heavy atom. The fourth-order valence-electron chi connectivity index (χ4n) is 1.40. The smallest absolute Gasteiger partial charge is 0.220 e. The van der Waals surface area contributed by atoms with Gasteiger partial charge in [-0.3, -0.25) is 4.79 Å². The number of aliphatic hydroxyl groups excluding tert-OH is 1. The van der Waals surface area contributed by atoms with E-state index in [0.29, 0.717) is 5.02 Å². The van der Waals surface area contributed by atoms with Crippen molar-refractivity contribution in [3.05, 3.63) is 34.9 Å². The third-order valence-corrected chi connectivity index (χ3v) is 2.62. The average molecular weight is 228 g/mol. The van der Waals surface area contributed by atoms with Crippen LogP contribution >= 0.6 is 11.6 Å². The van der Waals surface area contributed by atoms with Gasteiger partial charge in [0.2, 0.25) is 5.91 Å². The second kappa shape index (κ2) is 5.73. The summed E-state index contributed by atoms with van der Waals surface area (Å²) in [5, 5.41) is 12.3. The monoisotopic (exact) mass is 227 g/mol. The molecule has 1 unspecified atom stereocenters. The standard InChI is InChI=1S/C11H14ClNO2/c1-13-11(15)6-8(7-14)9-4-2-3-5-10(9)12/h2-5,8,14H,6-7H2,1H3,(H,13,15). The third kappa shape index (κ3) is 3.22. The minimum absolute atomic E-state index is 0.0862. The van der Waals surface area contributed by atoms with Gasteiger partial charge in [0.05, 0.1) is 6.61 Å². The summed E-state index contributed by atoms with van der Waals surface area (Å²) in [7, 11) is 1.57. The molecule has 0 saturated carbocycles. The summed E-state index contributed by atoms with van der Waals surface area (Å²) >= 11 is 5.98. The lowest BCUT2D eigenvalue weighted by Crippen LogP contribution is -2.22. The maximum absolute atomic E-state index is 11.2. The number of halogens is 1. The molecule has 82 valence electrons. The molecule has 1 amide bonds. The maximum Gasteiger partial charge on any atom is 0.220 e. The number of aliphatic hydroxyl groups is 1. The molecule has 0 aliphatic rings. The molecule has 0 spiro atoms. The Hall–Kier alpha value is -1.06. The van der Waals surface area contributed by atoms with E-state index in [1.54, 1.807) is 13.1 Å². The van der Waals surface area contributed by atoms with Crippen LogP contribution in [0.25, 0.3) is 0 Å². The quantitative estimate of drug-likeness (QED) is 0.820. The van der Waals surface area contributed by atoms with Crippen molar-refractivity contribution in [2.75, 3.05) is 13.7 Å². The molecule has 0 radical (unpaired) electrons. The Balaban J connectivity index is 2.83. The molecule has 0 heterocycles. The maximum atomic E-state index is 11.2. The summed E-state index contributed by atoms with van der Waals surface area (Å²) < 4.78 is 0. The molecule has 1 atom stereocenters. The summed E-state index contributed by atoms with van der Waals surface area (Å²) in [5.74, 6) is -0.340. The third-order valence-electron chi connectivity index (χ3n) is 2.28. The number of hydrogen-bond acceptors (Lipinski definition) is 2. The molecular formula is C11H14ClNO2. The molecule has 0 bridgehead atoms. The number of benzene rings is 1. The van der Waals surface area contributed by atoms with Crippen molar-refractivity contribution in [2.24, 2.45) is 0 Å². The van der Waals surface area contributed by atoms with Gasteiger partial charge in [-0.2, -0.15) is 0 Å². The first-order valence-corrected chi connectivity index (χ1v) is 5.12. The first-order chi connectivity index (χ1) is 7.19. The van der Waals surface area contributed by atoms with E-state index in [4.69, 9.17) is 11.6 Å². The zero-order chi connectivity index (χ0) is 11.3. The largest absolute Gasteiger partial charge is 0.396 e. The zero-order valence-electron chi connectivity index (χ0n) is 8.53. The van der Waals surface area contributed by atoms with Gasteiger partial charge in [0.25, 0.3) is 0 Å². The van der Waals surface area contributed by atoms with E-state index < -0.39 is 0 Å². The molecular weight excluding hydrogens is 214 g/mol. The van der Waals surface area contributed by atoms with Crippen molar-refractivity contribution in [3.63, 3.8) is 0 Å². The van der Waals surface area contributed by atoms with Crippen LogP contribution in [-0.4, -0.2) is 24.7 Å². The molecule has 1 aromatic carbocycles. The van der Waals surface area contributed by atoms with Crippen LogP contribution in [0.4, 0.5) is 0 Å². The number of nitrogens with one attached hydrogen (secondary N) is 1. The second-order valence-electron chi connectivity index (χ2n) is 3.28. The predicted octanol–water partition coefficient (Wildman–Crippen LogP) is 1.55. The van der Waals surface area contributed by atoms with Gasteiger partial charge < -0.3 is 10.4 Å². The topological polar surface area (TPSA) is 49.3 Å². The first kappa shape index (κ1) is 12.0. The van der Waals surface area contributed by atoms with Crippen LogP contribution in [0.15, 0.2) is 24.3 Å². The van der Waals surface area contributed by atoms with E-state index >= 15 is 0 Å². The van der Waals surface area contributed by atoms with Gasteiger partial charge in [-0.05, 0) is 11.6 Å². The fraction of sp³-hybridized carbons (Fsp3) is 0.364. The van der Waals surface area contributed by atoms with E-state index in [2.05, 4.69) is 5.32 Å². The molecule has 0 aliphatic heterocycles. The summed E-state index contributed by atoms with van der Waals surface area (Å²) in [4.78, 5) is 11.2. The van der Waals surface area contributed by atoms with Gasteiger partial charge in [-0.25, -0.2) is 0 Å². The van der Waals surface area contributed by atoms with Gasteiger partial charge in [0.15, 0.2) is 0 Å². The van der Waals surface area contributed by atoms with Crippen molar-refractivity contribution in [2.45, 2.75) is 12.3 Å². The molecule has 0 fully saturated rings. The van der Waals surface area contributed by atoms with Crippen LogP contribution in [0, 0.1) is 0 Å².